The first-order chi connectivity index (χ1) is 12.4. The molecule has 1 saturated heterocycles. The van der Waals surface area contributed by atoms with Crippen molar-refractivity contribution < 1.29 is 24.3 Å². The summed E-state index contributed by atoms with van der Waals surface area (Å²) >= 11 is 0. The largest absolute Gasteiger partial charge is 0.505 e. The number of piperidine rings is 1. The fourth-order valence-corrected chi connectivity index (χ4v) is 3.73. The van der Waals surface area contributed by atoms with E-state index >= 15 is 0 Å². The Morgan fingerprint density at radius 1 is 1.35 bits per heavy atom. The van der Waals surface area contributed by atoms with Crippen LogP contribution in [-0.2, 0) is 14.4 Å². The van der Waals surface area contributed by atoms with Crippen molar-refractivity contribution in [1.82, 2.24) is 10.5 Å². The van der Waals surface area contributed by atoms with Crippen molar-refractivity contribution in [2.75, 3.05) is 26.8 Å². The van der Waals surface area contributed by atoms with E-state index in [1.807, 2.05) is 12.0 Å². The van der Waals surface area contributed by atoms with Crippen molar-refractivity contribution in [3.05, 3.63) is 40.5 Å². The van der Waals surface area contributed by atoms with Crippen LogP contribution in [-0.4, -0.2) is 48.7 Å². The number of aryl methyl sites for hydroxylation is 2. The van der Waals surface area contributed by atoms with E-state index in [1.54, 1.807) is 7.11 Å². The number of ether oxygens (including phenoxy) is 1. The highest BCUT2D eigenvalue weighted by Crippen LogP contribution is 2.42. The molecule has 142 valence electrons. The minimum absolute atomic E-state index is 0.111. The summed E-state index contributed by atoms with van der Waals surface area (Å²) in [7, 11) is 1.68. The van der Waals surface area contributed by atoms with Gasteiger partial charge in [0.05, 0.1) is 19.3 Å². The van der Waals surface area contributed by atoms with Crippen molar-refractivity contribution in [1.29, 1.82) is 0 Å². The van der Waals surface area contributed by atoms with Gasteiger partial charge in [0.15, 0.2) is 5.76 Å². The first-order valence-electron chi connectivity index (χ1n) is 8.85. The molecule has 1 spiro atoms. The Bertz CT molecular complexity index is 708. The molecule has 0 unspecified atom stereocenters. The number of nitrogens with one attached hydrogen (secondary N) is 1. The molecule has 1 aromatic rings. The fourth-order valence-electron chi connectivity index (χ4n) is 3.73. The third-order valence-electron chi connectivity index (χ3n) is 5.25. The molecule has 0 aliphatic carbocycles. The first kappa shape index (κ1) is 18.7. The number of hydroxylamine groups is 3. The average molecular weight is 362 g/mol. The fraction of sp³-hybridized carbons (Fsp3) is 0.526. The van der Waals surface area contributed by atoms with Crippen LogP contribution < -0.4 is 5.48 Å². The van der Waals surface area contributed by atoms with Crippen LogP contribution in [0.5, 0.6) is 0 Å². The second kappa shape index (κ2) is 7.65. The smallest absolute Gasteiger partial charge is 0.450 e. The van der Waals surface area contributed by atoms with Gasteiger partial charge in [-0.1, -0.05) is 17.7 Å². The van der Waals surface area contributed by atoms with Crippen LogP contribution in [0.25, 0.3) is 5.76 Å². The van der Waals surface area contributed by atoms with Gasteiger partial charge in [-0.3, -0.25) is 0 Å². The lowest BCUT2D eigenvalue weighted by atomic mass is 9.79. The van der Waals surface area contributed by atoms with E-state index in [1.165, 1.54) is 0 Å². The zero-order valence-electron chi connectivity index (χ0n) is 15.5. The number of benzene rings is 1. The highest BCUT2D eigenvalue weighted by Gasteiger charge is 2.45. The van der Waals surface area contributed by atoms with Crippen LogP contribution in [0.4, 0.5) is 4.79 Å². The van der Waals surface area contributed by atoms with Gasteiger partial charge in [-0.25, -0.2) is 4.79 Å². The Morgan fingerprint density at radius 2 is 2.08 bits per heavy atom. The second-order valence-electron chi connectivity index (χ2n) is 6.89. The maximum atomic E-state index is 10.8. The van der Waals surface area contributed by atoms with Crippen LogP contribution in [0.2, 0.25) is 0 Å². The van der Waals surface area contributed by atoms with Crippen molar-refractivity contribution in [3.63, 3.8) is 0 Å². The molecule has 2 N–H and O–H groups in total. The summed E-state index contributed by atoms with van der Waals surface area (Å²) in [5, 5.41) is 10.7. The number of hydrogen-bond acceptors (Lipinski definition) is 6. The monoisotopic (exact) mass is 362 g/mol. The Balaban J connectivity index is 1.94. The zero-order valence-corrected chi connectivity index (χ0v) is 15.5. The van der Waals surface area contributed by atoms with Crippen LogP contribution in [0.15, 0.2) is 23.8 Å². The molecule has 7 heteroatoms. The summed E-state index contributed by atoms with van der Waals surface area (Å²) in [5.41, 5.74) is 7.30. The normalized spacial score (nSPS) is 19.7. The SMILES string of the molecule is CON1CCC2(CC1)NOC(c1cc(C)ccc1C)=C2CCOC(=O)O. The number of rotatable bonds is 5. The zero-order chi connectivity index (χ0) is 18.7. The van der Waals surface area contributed by atoms with Crippen LogP contribution in [0, 0.1) is 13.8 Å². The lowest BCUT2D eigenvalue weighted by Crippen LogP contribution is -2.51. The Labute approximate surface area is 153 Å². The quantitative estimate of drug-likeness (QED) is 0.779. The van der Waals surface area contributed by atoms with E-state index < -0.39 is 6.16 Å². The number of carbonyl (C=O) groups is 1. The van der Waals surface area contributed by atoms with Gasteiger partial charge in [0.1, 0.15) is 0 Å². The molecule has 0 aromatic heterocycles. The summed E-state index contributed by atoms with van der Waals surface area (Å²) in [5.74, 6) is 0.797. The average Bonchev–Trinajstić information content (AvgIpc) is 2.96. The van der Waals surface area contributed by atoms with E-state index in [-0.39, 0.29) is 12.1 Å². The molecule has 3 rings (SSSR count). The van der Waals surface area contributed by atoms with E-state index in [4.69, 9.17) is 19.5 Å². The standard InChI is InChI=1S/C19H26N2O5/c1-13-4-5-14(2)15(12-13)17-16(6-11-25-18(22)23)19(20-26-17)7-9-21(24-3)10-8-19/h4-5,12,20H,6-11H2,1-3H3,(H,22,23). The van der Waals surface area contributed by atoms with Crippen molar-refractivity contribution in [2.45, 2.75) is 38.6 Å². The molecule has 0 radical (unpaired) electrons. The Hall–Kier alpha value is -2.09. The van der Waals surface area contributed by atoms with Gasteiger partial charge in [-0.05, 0) is 38.3 Å². The molecule has 0 amide bonds. The summed E-state index contributed by atoms with van der Waals surface area (Å²) in [6.07, 6.45) is 0.874. The molecule has 0 saturated carbocycles. The molecule has 2 aliphatic heterocycles. The summed E-state index contributed by atoms with van der Waals surface area (Å²) < 4.78 is 4.78. The van der Waals surface area contributed by atoms with Gasteiger partial charge >= 0.3 is 6.16 Å². The molecular weight excluding hydrogens is 336 g/mol. The van der Waals surface area contributed by atoms with E-state index in [0.29, 0.717) is 6.42 Å². The predicted octanol–water partition coefficient (Wildman–Crippen LogP) is 3.03. The first-order valence-corrected chi connectivity index (χ1v) is 8.85. The van der Waals surface area contributed by atoms with E-state index in [2.05, 4.69) is 30.6 Å². The van der Waals surface area contributed by atoms with Crippen molar-refractivity contribution >= 4 is 11.9 Å². The van der Waals surface area contributed by atoms with E-state index in [9.17, 15) is 4.79 Å². The lowest BCUT2D eigenvalue weighted by Gasteiger charge is -2.38. The predicted molar refractivity (Wildman–Crippen MR) is 96.2 cm³/mol. The van der Waals surface area contributed by atoms with E-state index in [0.717, 1.165) is 54.0 Å². The highest BCUT2D eigenvalue weighted by molar-refractivity contribution is 5.70. The third kappa shape index (κ3) is 3.70. The maximum Gasteiger partial charge on any atom is 0.505 e. The molecule has 0 bridgehead atoms. The molecular formula is C19H26N2O5. The molecule has 2 heterocycles. The van der Waals surface area contributed by atoms with Crippen LogP contribution in [0.3, 0.4) is 0 Å². The van der Waals surface area contributed by atoms with Gasteiger partial charge in [0, 0.05) is 30.6 Å². The van der Waals surface area contributed by atoms with Gasteiger partial charge in [-0.15, -0.1) is 5.48 Å². The molecule has 2 aliphatic rings. The lowest BCUT2D eigenvalue weighted by molar-refractivity contribution is -0.154. The maximum absolute atomic E-state index is 10.8. The molecule has 7 nitrogen and oxygen atoms in total. The number of hydrogen-bond donors (Lipinski definition) is 2. The number of nitrogens with zero attached hydrogens (tertiary/aromatic N) is 1. The van der Waals surface area contributed by atoms with Gasteiger partial charge in [0.25, 0.3) is 0 Å². The summed E-state index contributed by atoms with van der Waals surface area (Å²) in [6.45, 7) is 5.76. The van der Waals surface area contributed by atoms with Crippen molar-refractivity contribution in [3.8, 4) is 0 Å². The molecule has 1 fully saturated rings. The van der Waals surface area contributed by atoms with Gasteiger partial charge < -0.3 is 19.5 Å². The number of carboxylic acid groups (broad SMARTS) is 1. The topological polar surface area (TPSA) is 80.3 Å². The van der Waals surface area contributed by atoms with Gasteiger partial charge in [0.2, 0.25) is 0 Å². The van der Waals surface area contributed by atoms with Crippen molar-refractivity contribution in [2.24, 2.45) is 0 Å². The minimum Gasteiger partial charge on any atom is -0.450 e. The van der Waals surface area contributed by atoms with Crippen LogP contribution in [0.1, 0.15) is 36.0 Å². The summed E-state index contributed by atoms with van der Waals surface area (Å²) in [4.78, 5) is 22.1. The summed E-state index contributed by atoms with van der Waals surface area (Å²) in [6, 6.07) is 6.25. The molecule has 0 atom stereocenters. The second-order valence-corrected chi connectivity index (χ2v) is 6.89. The molecule has 26 heavy (non-hydrogen) atoms. The highest BCUT2D eigenvalue weighted by atomic mass is 16.7. The molecule has 1 aromatic carbocycles. The Kier molecular flexibility index (Phi) is 5.50. The van der Waals surface area contributed by atoms with Gasteiger partial charge in [-0.2, -0.15) is 5.06 Å². The third-order valence-corrected chi connectivity index (χ3v) is 5.25. The minimum atomic E-state index is -1.26. The Morgan fingerprint density at radius 3 is 2.73 bits per heavy atom. The van der Waals surface area contributed by atoms with Crippen LogP contribution >= 0.6 is 0 Å².